The van der Waals surface area contributed by atoms with Crippen LogP contribution in [-0.2, 0) is 0 Å². The van der Waals surface area contributed by atoms with Gasteiger partial charge >= 0.3 is 6.03 Å². The van der Waals surface area contributed by atoms with Gasteiger partial charge in [0, 0.05) is 71.6 Å². The van der Waals surface area contributed by atoms with Crippen LogP contribution in [-0.4, -0.2) is 57.3 Å². The van der Waals surface area contributed by atoms with Gasteiger partial charge in [-0.2, -0.15) is 0 Å². The van der Waals surface area contributed by atoms with Crippen molar-refractivity contribution in [3.63, 3.8) is 0 Å². The molecule has 8 heteroatoms. The zero-order valence-corrected chi connectivity index (χ0v) is 23.1. The van der Waals surface area contributed by atoms with Crippen molar-refractivity contribution in [2.75, 3.05) is 25.0 Å². The summed E-state index contributed by atoms with van der Waals surface area (Å²) in [5.41, 5.74) is 4.59. The van der Waals surface area contributed by atoms with Gasteiger partial charge in [0.25, 0.3) is 0 Å². The Hall–Kier alpha value is -3.65. The standard InChI is InChI=1S/C31H38N6O2/c1-4-21(5-2)28-17-29(36-30(35-28)23-10-13-32-14-11-23)27-19-37-15-12-24(27)16-26(37)18-33-31(39)34-25-8-6-22(7-9-25)20(3)38/h6-11,13-14,17,21,24,26-27H,4-5,12,15-16,18-19H2,1-3H3,(H2,33,34,39). The number of nitrogens with one attached hydrogen (secondary N) is 2. The molecule has 0 spiro atoms. The molecule has 1 aromatic carbocycles. The fourth-order valence-electron chi connectivity index (χ4n) is 6.08. The van der Waals surface area contributed by atoms with Crippen molar-refractivity contribution in [3.05, 3.63) is 71.8 Å². The molecule has 3 aliphatic heterocycles. The van der Waals surface area contributed by atoms with Crippen molar-refractivity contribution in [2.45, 2.75) is 64.3 Å². The summed E-state index contributed by atoms with van der Waals surface area (Å²) in [6, 6.07) is 13.3. The van der Waals surface area contributed by atoms with Gasteiger partial charge < -0.3 is 10.6 Å². The van der Waals surface area contributed by atoms with Crippen molar-refractivity contribution < 1.29 is 9.59 Å². The van der Waals surface area contributed by atoms with Crippen LogP contribution >= 0.6 is 0 Å². The lowest BCUT2D eigenvalue weighted by Gasteiger charge is -2.49. The number of fused-ring (bicyclic) bond motifs is 3. The van der Waals surface area contributed by atoms with Crippen LogP contribution in [0.2, 0.25) is 0 Å². The zero-order chi connectivity index (χ0) is 27.4. The molecular weight excluding hydrogens is 488 g/mol. The third kappa shape index (κ3) is 6.17. The van der Waals surface area contributed by atoms with Gasteiger partial charge in [0.05, 0.1) is 0 Å². The topological polar surface area (TPSA) is 100 Å². The molecule has 204 valence electrons. The van der Waals surface area contributed by atoms with Crippen molar-refractivity contribution in [3.8, 4) is 11.4 Å². The van der Waals surface area contributed by atoms with Crippen LogP contribution in [0.3, 0.4) is 0 Å². The maximum Gasteiger partial charge on any atom is 0.319 e. The smallest absolute Gasteiger partial charge is 0.319 e. The van der Waals surface area contributed by atoms with Crippen LogP contribution in [0.1, 0.15) is 80.0 Å². The van der Waals surface area contributed by atoms with E-state index in [0.717, 1.165) is 61.5 Å². The normalized spacial score (nSPS) is 22.1. The molecule has 3 fully saturated rings. The highest BCUT2D eigenvalue weighted by Crippen LogP contribution is 2.42. The first-order chi connectivity index (χ1) is 18.9. The lowest BCUT2D eigenvalue weighted by atomic mass is 9.74. The predicted molar refractivity (Wildman–Crippen MR) is 153 cm³/mol. The number of pyridine rings is 1. The minimum Gasteiger partial charge on any atom is -0.336 e. The fraction of sp³-hybridized carbons (Fsp3) is 0.452. The Morgan fingerprint density at radius 2 is 1.79 bits per heavy atom. The minimum absolute atomic E-state index is 0.00744. The van der Waals surface area contributed by atoms with E-state index >= 15 is 0 Å². The molecule has 0 saturated carbocycles. The lowest BCUT2D eigenvalue weighted by molar-refractivity contribution is 0.0307. The van der Waals surface area contributed by atoms with Crippen LogP contribution in [0.4, 0.5) is 10.5 Å². The van der Waals surface area contributed by atoms with Crippen LogP contribution in [0, 0.1) is 5.92 Å². The van der Waals surface area contributed by atoms with E-state index in [-0.39, 0.29) is 11.8 Å². The summed E-state index contributed by atoms with van der Waals surface area (Å²) < 4.78 is 0. The van der Waals surface area contributed by atoms with Gasteiger partial charge in [0.1, 0.15) is 0 Å². The number of carbonyl (C=O) groups is 2. The largest absolute Gasteiger partial charge is 0.336 e. The molecule has 2 aromatic heterocycles. The van der Waals surface area contributed by atoms with Crippen LogP contribution < -0.4 is 10.6 Å². The monoisotopic (exact) mass is 526 g/mol. The molecule has 4 unspecified atom stereocenters. The fourth-order valence-corrected chi connectivity index (χ4v) is 6.08. The Balaban J connectivity index is 1.26. The van der Waals surface area contributed by atoms with E-state index in [4.69, 9.17) is 9.97 Å². The average Bonchev–Trinajstić information content (AvgIpc) is 2.97. The predicted octanol–water partition coefficient (Wildman–Crippen LogP) is 5.64. The maximum atomic E-state index is 12.6. The molecule has 3 aromatic rings. The summed E-state index contributed by atoms with van der Waals surface area (Å²) in [7, 11) is 0. The van der Waals surface area contributed by atoms with Crippen LogP contribution in [0.5, 0.6) is 0 Å². The van der Waals surface area contributed by atoms with E-state index in [0.29, 0.717) is 41.6 Å². The Morgan fingerprint density at radius 3 is 2.44 bits per heavy atom. The molecule has 8 nitrogen and oxygen atoms in total. The molecular formula is C31H38N6O2. The summed E-state index contributed by atoms with van der Waals surface area (Å²) in [6.45, 7) is 8.58. The van der Waals surface area contributed by atoms with Gasteiger partial charge in [-0.3, -0.25) is 14.7 Å². The molecule has 0 aliphatic carbocycles. The van der Waals surface area contributed by atoms with Gasteiger partial charge in [-0.05, 0) is 87.5 Å². The van der Waals surface area contributed by atoms with E-state index in [9.17, 15) is 9.59 Å². The summed E-state index contributed by atoms with van der Waals surface area (Å²) in [4.78, 5) is 40.8. The second-order valence-corrected chi connectivity index (χ2v) is 10.8. The van der Waals surface area contributed by atoms with Crippen molar-refractivity contribution >= 4 is 17.5 Å². The lowest BCUT2D eigenvalue weighted by Crippen LogP contribution is -2.56. The van der Waals surface area contributed by atoms with E-state index in [1.165, 1.54) is 6.92 Å². The average molecular weight is 527 g/mol. The van der Waals surface area contributed by atoms with E-state index in [1.54, 1.807) is 36.7 Å². The van der Waals surface area contributed by atoms with Crippen molar-refractivity contribution in [2.24, 2.45) is 5.92 Å². The number of Topliss-reactive ketones (excluding diaryl/α,β-unsaturated/α-hetero) is 1. The van der Waals surface area contributed by atoms with Gasteiger partial charge in [-0.1, -0.05) is 13.8 Å². The quantitative estimate of drug-likeness (QED) is 0.350. The highest BCUT2D eigenvalue weighted by molar-refractivity contribution is 5.95. The van der Waals surface area contributed by atoms with E-state index in [1.807, 2.05) is 12.1 Å². The van der Waals surface area contributed by atoms with Gasteiger partial charge in [0.2, 0.25) is 0 Å². The van der Waals surface area contributed by atoms with Crippen molar-refractivity contribution in [1.29, 1.82) is 0 Å². The maximum absolute atomic E-state index is 12.6. The molecule has 2 amide bonds. The van der Waals surface area contributed by atoms with E-state index in [2.05, 4.69) is 40.4 Å². The first-order valence-corrected chi connectivity index (χ1v) is 14.1. The van der Waals surface area contributed by atoms with Gasteiger partial charge in [-0.25, -0.2) is 14.8 Å². The number of rotatable bonds is 9. The van der Waals surface area contributed by atoms with Crippen LogP contribution in [0.15, 0.2) is 54.9 Å². The van der Waals surface area contributed by atoms with Crippen molar-refractivity contribution in [1.82, 2.24) is 25.2 Å². The molecule has 2 N–H and O–H groups in total. The number of aromatic nitrogens is 3. The SMILES string of the molecule is CCC(CC)c1cc(C2CN3CCC2CC3CNC(=O)Nc2ccc(C(C)=O)cc2)nc(-c2ccncc2)n1. The Kier molecular flexibility index (Phi) is 8.31. The summed E-state index contributed by atoms with van der Waals surface area (Å²) >= 11 is 0. The molecule has 4 atom stereocenters. The number of nitrogens with zero attached hydrogens (tertiary/aromatic N) is 4. The van der Waals surface area contributed by atoms with Gasteiger partial charge in [0.15, 0.2) is 11.6 Å². The Labute approximate surface area is 230 Å². The molecule has 39 heavy (non-hydrogen) atoms. The number of hydrogen-bond donors (Lipinski definition) is 2. The van der Waals surface area contributed by atoms with Crippen LogP contribution in [0.25, 0.3) is 11.4 Å². The Morgan fingerprint density at radius 1 is 1.05 bits per heavy atom. The highest BCUT2D eigenvalue weighted by Gasteiger charge is 2.41. The van der Waals surface area contributed by atoms with Gasteiger partial charge in [-0.15, -0.1) is 0 Å². The highest BCUT2D eigenvalue weighted by atomic mass is 16.2. The molecule has 6 rings (SSSR count). The summed E-state index contributed by atoms with van der Waals surface area (Å²) in [5, 5.41) is 5.93. The molecule has 3 aliphatic rings. The molecule has 3 saturated heterocycles. The summed E-state index contributed by atoms with van der Waals surface area (Å²) in [6.07, 6.45) is 7.88. The minimum atomic E-state index is -0.225. The number of piperidine rings is 3. The first-order valence-electron chi connectivity index (χ1n) is 14.1. The second kappa shape index (κ2) is 12.0. The number of amides is 2. The third-order valence-corrected chi connectivity index (χ3v) is 8.41. The first kappa shape index (κ1) is 26.9. The number of urea groups is 1. The number of ketones is 1. The third-order valence-electron chi connectivity index (χ3n) is 8.41. The number of hydrogen-bond acceptors (Lipinski definition) is 6. The molecule has 5 heterocycles. The number of anilines is 1. The zero-order valence-electron chi connectivity index (χ0n) is 23.1. The number of carbonyl (C=O) groups excluding carboxylic acids is 2. The second-order valence-electron chi connectivity index (χ2n) is 10.8. The Bertz CT molecular complexity index is 1290. The molecule has 0 radical (unpaired) electrons. The number of benzene rings is 1. The van der Waals surface area contributed by atoms with E-state index < -0.39 is 0 Å². The summed E-state index contributed by atoms with van der Waals surface area (Å²) in [5.74, 6) is 2.11. The molecule has 2 bridgehead atoms.